The summed E-state index contributed by atoms with van der Waals surface area (Å²) in [5, 5.41) is 10.9. The number of benzene rings is 2. The average molecular weight is 466 g/mol. The number of aliphatic hydroxyl groups is 1. The lowest BCUT2D eigenvalue weighted by molar-refractivity contribution is -0.0258. The van der Waals surface area contributed by atoms with E-state index in [4.69, 9.17) is 0 Å². The number of nitrogens with zero attached hydrogens (tertiary/aromatic N) is 1. The van der Waals surface area contributed by atoms with Crippen molar-refractivity contribution in [2.75, 3.05) is 19.8 Å². The van der Waals surface area contributed by atoms with Crippen LogP contribution in [-0.4, -0.2) is 35.4 Å². The topological polar surface area (TPSA) is 23.5 Å². The largest absolute Gasteiger partial charge is 0.388 e. The van der Waals surface area contributed by atoms with Crippen molar-refractivity contribution in [3.63, 3.8) is 0 Å². The van der Waals surface area contributed by atoms with Gasteiger partial charge < -0.3 is 10.0 Å². The fraction of sp³-hybridized carbons (Fsp3) is 0.600. The lowest BCUT2D eigenvalue weighted by atomic mass is 9.52. The zero-order valence-corrected chi connectivity index (χ0v) is 22.3. The summed E-state index contributed by atoms with van der Waals surface area (Å²) >= 11 is 1.74. The van der Waals surface area contributed by atoms with Crippen molar-refractivity contribution in [3.05, 3.63) is 64.7 Å². The molecular weight excluding hydrogens is 422 g/mol. The minimum Gasteiger partial charge on any atom is -0.388 e. The molecule has 0 amide bonds. The molecule has 2 aliphatic rings. The molecule has 0 spiro atoms. The van der Waals surface area contributed by atoms with Crippen LogP contribution in [0.3, 0.4) is 0 Å². The van der Waals surface area contributed by atoms with Gasteiger partial charge in [0.1, 0.15) is 0 Å². The zero-order valence-electron chi connectivity index (χ0n) is 21.5. The van der Waals surface area contributed by atoms with Gasteiger partial charge in [-0.2, -0.15) is 0 Å². The van der Waals surface area contributed by atoms with E-state index in [9.17, 15) is 5.11 Å². The van der Waals surface area contributed by atoms with Crippen LogP contribution in [0.15, 0.2) is 47.4 Å². The lowest BCUT2D eigenvalue weighted by Crippen LogP contribution is -2.60. The molecule has 4 unspecified atom stereocenters. The fourth-order valence-electron chi connectivity index (χ4n) is 6.86. The molecule has 2 nitrogen and oxygen atoms in total. The van der Waals surface area contributed by atoms with Gasteiger partial charge in [-0.15, -0.1) is 11.8 Å². The zero-order chi connectivity index (χ0) is 23.8. The van der Waals surface area contributed by atoms with Crippen molar-refractivity contribution < 1.29 is 5.11 Å². The Morgan fingerprint density at radius 3 is 2.42 bits per heavy atom. The molecule has 0 aromatic heterocycles. The Morgan fingerprint density at radius 1 is 1.06 bits per heavy atom. The molecule has 0 bridgehead atoms. The molecule has 0 aliphatic heterocycles. The van der Waals surface area contributed by atoms with E-state index in [1.54, 1.807) is 22.9 Å². The molecule has 1 saturated carbocycles. The molecule has 0 radical (unpaired) electrons. The van der Waals surface area contributed by atoms with Gasteiger partial charge in [-0.05, 0) is 104 Å². The summed E-state index contributed by atoms with van der Waals surface area (Å²) in [4.78, 5) is 3.83. The summed E-state index contributed by atoms with van der Waals surface area (Å²) < 4.78 is 0. The smallest absolute Gasteiger partial charge is 0.0802 e. The maximum Gasteiger partial charge on any atom is 0.0802 e. The van der Waals surface area contributed by atoms with Crippen molar-refractivity contribution in [3.8, 4) is 0 Å². The Balaban J connectivity index is 1.50. The van der Waals surface area contributed by atoms with Crippen LogP contribution < -0.4 is 0 Å². The molecule has 0 heterocycles. The van der Waals surface area contributed by atoms with Gasteiger partial charge in [0.15, 0.2) is 0 Å². The van der Waals surface area contributed by atoms with Crippen LogP contribution in [0.2, 0.25) is 0 Å². The molecular formula is C30H43NOS. The highest BCUT2D eigenvalue weighted by Gasteiger charge is 2.53. The highest BCUT2D eigenvalue weighted by Crippen LogP contribution is 2.55. The van der Waals surface area contributed by atoms with E-state index in [0.717, 1.165) is 18.5 Å². The molecule has 1 N–H and O–H groups in total. The first-order valence-electron chi connectivity index (χ1n) is 12.9. The Morgan fingerprint density at radius 2 is 1.76 bits per heavy atom. The van der Waals surface area contributed by atoms with Crippen molar-refractivity contribution >= 4 is 11.8 Å². The molecule has 2 aliphatic carbocycles. The molecule has 33 heavy (non-hydrogen) atoms. The molecule has 4 atom stereocenters. The SMILES string of the molecule is CSc1ccc(C(O)CCN(C)C2(C)CCCC3(C)c4ccc(C(C)C)cc4CCC32)cc1. The Bertz CT molecular complexity index is 954. The van der Waals surface area contributed by atoms with Crippen molar-refractivity contribution in [1.82, 2.24) is 4.90 Å². The summed E-state index contributed by atoms with van der Waals surface area (Å²) in [5.74, 6) is 1.24. The minimum absolute atomic E-state index is 0.170. The summed E-state index contributed by atoms with van der Waals surface area (Å²) in [6.07, 6.45) is 8.76. The van der Waals surface area contributed by atoms with E-state index >= 15 is 0 Å². The second-order valence-corrected chi connectivity index (χ2v) is 12.2. The van der Waals surface area contributed by atoms with E-state index in [1.807, 2.05) is 0 Å². The second-order valence-electron chi connectivity index (χ2n) is 11.3. The van der Waals surface area contributed by atoms with Gasteiger partial charge in [0, 0.05) is 17.0 Å². The van der Waals surface area contributed by atoms with Crippen LogP contribution >= 0.6 is 11.8 Å². The van der Waals surface area contributed by atoms with Crippen molar-refractivity contribution in [1.29, 1.82) is 0 Å². The van der Waals surface area contributed by atoms with Gasteiger partial charge in [-0.3, -0.25) is 0 Å². The van der Waals surface area contributed by atoms with Crippen LogP contribution in [0.1, 0.15) is 94.1 Å². The minimum atomic E-state index is -0.400. The van der Waals surface area contributed by atoms with E-state index in [2.05, 4.69) is 88.4 Å². The Kier molecular flexibility index (Phi) is 7.34. The first-order valence-corrected chi connectivity index (χ1v) is 14.1. The highest BCUT2D eigenvalue weighted by molar-refractivity contribution is 7.98. The Labute approximate surface area is 206 Å². The first-order chi connectivity index (χ1) is 15.7. The third-order valence-corrected chi connectivity index (χ3v) is 9.87. The van der Waals surface area contributed by atoms with Crippen LogP contribution in [0, 0.1) is 5.92 Å². The van der Waals surface area contributed by atoms with Crippen molar-refractivity contribution in [2.24, 2.45) is 5.92 Å². The number of aryl methyl sites for hydroxylation is 1. The maximum absolute atomic E-state index is 10.9. The molecule has 4 rings (SSSR count). The maximum atomic E-state index is 10.9. The van der Waals surface area contributed by atoms with Gasteiger partial charge in [-0.1, -0.05) is 57.5 Å². The highest BCUT2D eigenvalue weighted by atomic mass is 32.2. The van der Waals surface area contributed by atoms with E-state index < -0.39 is 6.10 Å². The third kappa shape index (κ3) is 4.66. The number of hydrogen-bond donors (Lipinski definition) is 1. The molecule has 0 saturated heterocycles. The van der Waals surface area contributed by atoms with Crippen molar-refractivity contribution in [2.45, 2.75) is 94.1 Å². The van der Waals surface area contributed by atoms with Gasteiger partial charge in [0.2, 0.25) is 0 Å². The lowest BCUT2D eigenvalue weighted by Gasteiger charge is -2.58. The predicted molar refractivity (Wildman–Crippen MR) is 142 cm³/mol. The monoisotopic (exact) mass is 465 g/mol. The number of fused-ring (bicyclic) bond motifs is 3. The summed E-state index contributed by atoms with van der Waals surface area (Å²) in [5.41, 5.74) is 6.13. The third-order valence-electron chi connectivity index (χ3n) is 9.12. The summed E-state index contributed by atoms with van der Waals surface area (Å²) in [7, 11) is 2.30. The summed E-state index contributed by atoms with van der Waals surface area (Å²) in [6.45, 7) is 10.6. The molecule has 180 valence electrons. The van der Waals surface area contributed by atoms with E-state index in [0.29, 0.717) is 11.8 Å². The average Bonchev–Trinajstić information content (AvgIpc) is 2.81. The molecule has 3 heteroatoms. The standard InChI is InChI=1S/C30H43NOS/c1-21(2)23-10-14-26-24(20-23)11-15-28-29(26,3)17-7-18-30(28,4)31(5)19-16-27(32)22-8-12-25(33-6)13-9-22/h8-10,12-14,20-21,27-28,32H,7,11,15-19H2,1-6H3. The van der Waals surface area contributed by atoms with Gasteiger partial charge in [-0.25, -0.2) is 0 Å². The molecule has 2 aromatic rings. The quantitative estimate of drug-likeness (QED) is 0.432. The van der Waals surface area contributed by atoms with Crippen LogP contribution in [0.25, 0.3) is 0 Å². The molecule has 2 aromatic carbocycles. The number of thioether (sulfide) groups is 1. The number of rotatable bonds is 7. The predicted octanol–water partition coefficient (Wildman–Crippen LogP) is 7.35. The van der Waals surface area contributed by atoms with E-state index in [1.165, 1.54) is 42.6 Å². The van der Waals surface area contributed by atoms with Gasteiger partial charge in [0.25, 0.3) is 0 Å². The van der Waals surface area contributed by atoms with Gasteiger partial charge >= 0.3 is 0 Å². The normalized spacial score (nSPS) is 28.0. The van der Waals surface area contributed by atoms with Crippen LogP contribution in [-0.2, 0) is 11.8 Å². The van der Waals surface area contributed by atoms with Crippen LogP contribution in [0.4, 0.5) is 0 Å². The fourth-order valence-corrected chi connectivity index (χ4v) is 7.27. The molecule has 1 fully saturated rings. The Hall–Kier alpha value is -1.29. The summed E-state index contributed by atoms with van der Waals surface area (Å²) in [6, 6.07) is 15.7. The van der Waals surface area contributed by atoms with Gasteiger partial charge in [0.05, 0.1) is 6.10 Å². The van der Waals surface area contributed by atoms with Crippen LogP contribution in [0.5, 0.6) is 0 Å². The number of aliphatic hydroxyl groups excluding tert-OH is 1. The number of hydrogen-bond acceptors (Lipinski definition) is 3. The van der Waals surface area contributed by atoms with E-state index in [-0.39, 0.29) is 11.0 Å². The second kappa shape index (κ2) is 9.76. The first kappa shape index (κ1) is 24.8.